The van der Waals surface area contributed by atoms with E-state index in [-0.39, 0.29) is 23.0 Å². The van der Waals surface area contributed by atoms with Crippen molar-refractivity contribution in [3.63, 3.8) is 0 Å². The van der Waals surface area contributed by atoms with Crippen LogP contribution in [0.4, 0.5) is 10.1 Å². The van der Waals surface area contributed by atoms with Crippen LogP contribution in [0.3, 0.4) is 0 Å². The molecule has 1 saturated heterocycles. The molecular weight excluding hydrogens is 447 g/mol. The summed E-state index contributed by atoms with van der Waals surface area (Å²) >= 11 is 7.67. The largest absolute Gasteiger partial charge is 0.352 e. The van der Waals surface area contributed by atoms with Crippen LogP contribution in [0.25, 0.3) is 0 Å². The highest BCUT2D eigenvalue weighted by molar-refractivity contribution is 8.00. The summed E-state index contributed by atoms with van der Waals surface area (Å²) in [5.41, 5.74) is 3.96. The Morgan fingerprint density at radius 3 is 2.62 bits per heavy atom. The summed E-state index contributed by atoms with van der Waals surface area (Å²) in [6.07, 6.45) is 0.640. The van der Waals surface area contributed by atoms with Crippen LogP contribution in [0.15, 0.2) is 66.7 Å². The van der Waals surface area contributed by atoms with Gasteiger partial charge in [-0.05, 0) is 66.4 Å². The topological polar surface area (TPSA) is 49.4 Å². The molecule has 32 heavy (non-hydrogen) atoms. The van der Waals surface area contributed by atoms with Gasteiger partial charge in [-0.25, -0.2) is 4.39 Å². The lowest BCUT2D eigenvalue weighted by molar-refractivity contribution is -0.115. The summed E-state index contributed by atoms with van der Waals surface area (Å²) in [5, 5.41) is 3.38. The summed E-state index contributed by atoms with van der Waals surface area (Å²) in [4.78, 5) is 27.0. The number of aryl methyl sites for hydroxylation is 1. The van der Waals surface area contributed by atoms with Gasteiger partial charge >= 0.3 is 0 Å². The number of amides is 2. The first-order valence-electron chi connectivity index (χ1n) is 10.3. The second kappa shape index (κ2) is 9.76. The number of benzene rings is 3. The summed E-state index contributed by atoms with van der Waals surface area (Å²) in [7, 11) is 0. The van der Waals surface area contributed by atoms with Crippen molar-refractivity contribution < 1.29 is 14.0 Å². The first-order chi connectivity index (χ1) is 15.4. The zero-order valence-corrected chi connectivity index (χ0v) is 19.0. The monoisotopic (exact) mass is 468 g/mol. The van der Waals surface area contributed by atoms with Crippen molar-refractivity contribution in [2.75, 3.05) is 17.2 Å². The van der Waals surface area contributed by atoms with E-state index in [2.05, 4.69) is 5.32 Å². The second-order valence-electron chi connectivity index (χ2n) is 7.58. The minimum Gasteiger partial charge on any atom is -0.352 e. The van der Waals surface area contributed by atoms with Crippen LogP contribution >= 0.6 is 23.4 Å². The molecule has 4 nitrogen and oxygen atoms in total. The highest BCUT2D eigenvalue weighted by Crippen LogP contribution is 2.42. The van der Waals surface area contributed by atoms with Gasteiger partial charge in [0.1, 0.15) is 11.2 Å². The number of hydrogen-bond donors (Lipinski definition) is 1. The van der Waals surface area contributed by atoms with E-state index < -0.39 is 0 Å². The molecule has 3 aromatic rings. The number of nitrogens with zero attached hydrogens (tertiary/aromatic N) is 1. The van der Waals surface area contributed by atoms with Crippen LogP contribution in [-0.2, 0) is 11.2 Å². The van der Waals surface area contributed by atoms with Crippen molar-refractivity contribution in [2.24, 2.45) is 0 Å². The van der Waals surface area contributed by atoms with Crippen molar-refractivity contribution >= 4 is 40.9 Å². The van der Waals surface area contributed by atoms with Gasteiger partial charge in [0, 0.05) is 22.8 Å². The normalized spacial score (nSPS) is 15.8. The van der Waals surface area contributed by atoms with E-state index in [1.165, 1.54) is 23.9 Å². The van der Waals surface area contributed by atoms with Gasteiger partial charge in [-0.1, -0.05) is 41.9 Å². The minimum atomic E-state index is -0.310. The van der Waals surface area contributed by atoms with Gasteiger partial charge in [0.15, 0.2) is 0 Å². The Morgan fingerprint density at radius 1 is 1.16 bits per heavy atom. The lowest BCUT2D eigenvalue weighted by Gasteiger charge is -2.26. The van der Waals surface area contributed by atoms with Gasteiger partial charge in [-0.3, -0.25) is 14.5 Å². The fraction of sp³-hybridized carbons (Fsp3) is 0.200. The summed E-state index contributed by atoms with van der Waals surface area (Å²) in [5.74, 6) is -0.143. The number of anilines is 1. The SMILES string of the molecule is Cc1cc(C(=O)NCCc2ccccc2Cl)ccc1N1C(=O)CSC1c1ccc(F)cc1. The molecule has 0 aromatic heterocycles. The highest BCUT2D eigenvalue weighted by atomic mass is 35.5. The molecule has 1 heterocycles. The Morgan fingerprint density at radius 2 is 1.91 bits per heavy atom. The average Bonchev–Trinajstić information content (AvgIpc) is 3.16. The first-order valence-corrected chi connectivity index (χ1v) is 11.7. The fourth-order valence-corrected chi connectivity index (χ4v) is 5.14. The maximum absolute atomic E-state index is 13.3. The van der Waals surface area contributed by atoms with E-state index in [9.17, 15) is 14.0 Å². The van der Waals surface area contributed by atoms with Gasteiger partial charge in [-0.15, -0.1) is 11.8 Å². The Bertz CT molecular complexity index is 1150. The molecule has 1 fully saturated rings. The zero-order chi connectivity index (χ0) is 22.7. The Kier molecular flexibility index (Phi) is 6.82. The van der Waals surface area contributed by atoms with E-state index in [1.54, 1.807) is 35.2 Å². The Balaban J connectivity index is 1.47. The zero-order valence-electron chi connectivity index (χ0n) is 17.5. The van der Waals surface area contributed by atoms with Gasteiger partial charge in [0.25, 0.3) is 5.91 Å². The smallest absolute Gasteiger partial charge is 0.251 e. The lowest BCUT2D eigenvalue weighted by atomic mass is 10.1. The van der Waals surface area contributed by atoms with Crippen molar-refractivity contribution in [1.29, 1.82) is 0 Å². The number of hydrogen-bond acceptors (Lipinski definition) is 3. The molecule has 0 bridgehead atoms. The number of carbonyl (C=O) groups is 2. The third-order valence-electron chi connectivity index (χ3n) is 5.38. The number of thioether (sulfide) groups is 1. The van der Waals surface area contributed by atoms with Crippen molar-refractivity contribution in [3.8, 4) is 0 Å². The van der Waals surface area contributed by atoms with E-state index in [0.29, 0.717) is 29.3 Å². The van der Waals surface area contributed by atoms with Gasteiger partial charge in [-0.2, -0.15) is 0 Å². The second-order valence-corrected chi connectivity index (χ2v) is 9.05. The molecule has 0 spiro atoms. The van der Waals surface area contributed by atoms with E-state index in [1.807, 2.05) is 31.2 Å². The molecule has 164 valence electrons. The number of halogens is 2. The summed E-state index contributed by atoms with van der Waals surface area (Å²) < 4.78 is 13.3. The van der Waals surface area contributed by atoms with Crippen molar-refractivity contribution in [3.05, 3.63) is 99.8 Å². The molecule has 1 unspecified atom stereocenters. The lowest BCUT2D eigenvalue weighted by Crippen LogP contribution is -2.29. The van der Waals surface area contributed by atoms with Crippen LogP contribution in [0.2, 0.25) is 5.02 Å². The first kappa shape index (κ1) is 22.4. The van der Waals surface area contributed by atoms with E-state index in [0.717, 1.165) is 22.4 Å². The number of carbonyl (C=O) groups excluding carboxylic acids is 2. The molecule has 4 rings (SSSR count). The molecule has 1 aliphatic rings. The standard InChI is InChI=1S/C25H22ClFN2O2S/c1-16-14-19(24(31)28-13-12-17-4-2-3-5-21(17)26)8-11-22(16)29-23(30)15-32-25(29)18-6-9-20(27)10-7-18/h2-11,14,25H,12-13,15H2,1H3,(H,28,31). The predicted octanol–water partition coefficient (Wildman–Crippen LogP) is 5.54. The maximum Gasteiger partial charge on any atom is 0.251 e. The summed E-state index contributed by atoms with van der Waals surface area (Å²) in [6.45, 7) is 2.35. The van der Waals surface area contributed by atoms with Crippen molar-refractivity contribution in [2.45, 2.75) is 18.7 Å². The molecule has 0 radical (unpaired) electrons. The molecule has 2 amide bonds. The molecule has 1 atom stereocenters. The highest BCUT2D eigenvalue weighted by Gasteiger charge is 2.34. The van der Waals surface area contributed by atoms with Crippen LogP contribution in [0.5, 0.6) is 0 Å². The quantitative estimate of drug-likeness (QED) is 0.516. The van der Waals surface area contributed by atoms with Gasteiger partial charge < -0.3 is 5.32 Å². The van der Waals surface area contributed by atoms with E-state index >= 15 is 0 Å². The van der Waals surface area contributed by atoms with E-state index in [4.69, 9.17) is 11.6 Å². The van der Waals surface area contributed by atoms with Gasteiger partial charge in [0.05, 0.1) is 5.75 Å². The van der Waals surface area contributed by atoms with Crippen molar-refractivity contribution in [1.82, 2.24) is 5.32 Å². The maximum atomic E-state index is 13.3. The van der Waals surface area contributed by atoms with Crippen LogP contribution in [0.1, 0.15) is 32.4 Å². The molecule has 0 aliphatic carbocycles. The third kappa shape index (κ3) is 4.81. The Hall–Kier alpha value is -2.83. The molecule has 7 heteroatoms. The van der Waals surface area contributed by atoms with Gasteiger partial charge in [0.2, 0.25) is 5.91 Å². The summed E-state index contributed by atoms with van der Waals surface area (Å²) in [6, 6.07) is 19.1. The number of nitrogens with one attached hydrogen (secondary N) is 1. The molecule has 1 N–H and O–H groups in total. The molecule has 1 aliphatic heterocycles. The van der Waals surface area contributed by atoms with Crippen LogP contribution < -0.4 is 10.2 Å². The average molecular weight is 469 g/mol. The van der Waals surface area contributed by atoms with Crippen LogP contribution in [0, 0.1) is 12.7 Å². The third-order valence-corrected chi connectivity index (χ3v) is 6.96. The minimum absolute atomic E-state index is 0.00985. The Labute approximate surface area is 195 Å². The van der Waals surface area contributed by atoms with Crippen LogP contribution in [-0.4, -0.2) is 24.1 Å². The number of rotatable bonds is 6. The predicted molar refractivity (Wildman–Crippen MR) is 128 cm³/mol. The molecular formula is C25H22ClFN2O2S. The fourth-order valence-electron chi connectivity index (χ4n) is 3.74. The molecule has 3 aromatic carbocycles. The molecule has 0 saturated carbocycles.